The SMILES string of the molecule is CC1CN(C(=O)c2ccncc2)CC(C)N1C. The molecule has 1 fully saturated rings. The zero-order chi connectivity index (χ0) is 12.4. The molecule has 2 rings (SSSR count). The molecule has 1 saturated heterocycles. The maximum Gasteiger partial charge on any atom is 0.254 e. The molecule has 1 aromatic heterocycles. The highest BCUT2D eigenvalue weighted by atomic mass is 16.2. The summed E-state index contributed by atoms with van der Waals surface area (Å²) in [4.78, 5) is 20.5. The Morgan fingerprint density at radius 2 is 1.76 bits per heavy atom. The second-order valence-electron chi connectivity index (χ2n) is 4.81. The number of carbonyl (C=O) groups is 1. The van der Waals surface area contributed by atoms with Crippen LogP contribution in [0.3, 0.4) is 0 Å². The van der Waals surface area contributed by atoms with Crippen molar-refractivity contribution >= 4 is 5.91 Å². The van der Waals surface area contributed by atoms with Crippen LogP contribution in [0.5, 0.6) is 0 Å². The highest BCUT2D eigenvalue weighted by molar-refractivity contribution is 5.94. The van der Waals surface area contributed by atoms with Crippen molar-refractivity contribution < 1.29 is 4.79 Å². The minimum absolute atomic E-state index is 0.110. The number of amides is 1. The molecular formula is C13H19N3O. The van der Waals surface area contributed by atoms with Gasteiger partial charge in [-0.3, -0.25) is 14.7 Å². The van der Waals surface area contributed by atoms with Gasteiger partial charge in [0.05, 0.1) is 0 Å². The average molecular weight is 233 g/mol. The van der Waals surface area contributed by atoms with Gasteiger partial charge in [0.1, 0.15) is 0 Å². The first kappa shape index (κ1) is 12.0. The molecule has 92 valence electrons. The normalized spacial score (nSPS) is 25.9. The molecule has 0 N–H and O–H groups in total. The zero-order valence-electron chi connectivity index (χ0n) is 10.6. The molecule has 2 unspecified atom stereocenters. The average Bonchev–Trinajstić information content (AvgIpc) is 2.35. The fourth-order valence-electron chi connectivity index (χ4n) is 2.25. The number of carbonyl (C=O) groups excluding carboxylic acids is 1. The molecule has 0 saturated carbocycles. The summed E-state index contributed by atoms with van der Waals surface area (Å²) in [5.41, 5.74) is 0.726. The van der Waals surface area contributed by atoms with Crippen LogP contribution in [-0.2, 0) is 0 Å². The van der Waals surface area contributed by atoms with E-state index in [-0.39, 0.29) is 5.91 Å². The van der Waals surface area contributed by atoms with E-state index in [1.165, 1.54) is 0 Å². The van der Waals surface area contributed by atoms with Crippen molar-refractivity contribution in [2.45, 2.75) is 25.9 Å². The largest absolute Gasteiger partial charge is 0.336 e. The highest BCUT2D eigenvalue weighted by Crippen LogP contribution is 2.15. The summed E-state index contributed by atoms with van der Waals surface area (Å²) >= 11 is 0. The van der Waals surface area contributed by atoms with Crippen molar-refractivity contribution in [3.8, 4) is 0 Å². The number of pyridine rings is 1. The Kier molecular flexibility index (Phi) is 3.43. The number of aromatic nitrogens is 1. The van der Waals surface area contributed by atoms with Crippen molar-refractivity contribution in [3.63, 3.8) is 0 Å². The van der Waals surface area contributed by atoms with Gasteiger partial charge in [-0.1, -0.05) is 0 Å². The molecule has 2 atom stereocenters. The first-order valence-corrected chi connectivity index (χ1v) is 6.01. The van der Waals surface area contributed by atoms with Crippen LogP contribution in [0.2, 0.25) is 0 Å². The molecule has 0 aliphatic carbocycles. The molecule has 0 spiro atoms. The van der Waals surface area contributed by atoms with Gasteiger partial charge in [0, 0.05) is 43.1 Å². The number of likely N-dealkylation sites (N-methyl/N-ethyl adjacent to an activating group) is 1. The minimum atomic E-state index is 0.110. The molecule has 0 bridgehead atoms. The van der Waals surface area contributed by atoms with Crippen LogP contribution in [0.15, 0.2) is 24.5 Å². The predicted molar refractivity (Wildman–Crippen MR) is 66.8 cm³/mol. The summed E-state index contributed by atoms with van der Waals surface area (Å²) in [5.74, 6) is 0.110. The summed E-state index contributed by atoms with van der Waals surface area (Å²) in [6, 6.07) is 4.36. The predicted octanol–water partition coefficient (Wildman–Crippen LogP) is 1.25. The van der Waals surface area contributed by atoms with Crippen LogP contribution in [0.25, 0.3) is 0 Å². The highest BCUT2D eigenvalue weighted by Gasteiger charge is 2.29. The van der Waals surface area contributed by atoms with E-state index in [2.05, 4.69) is 30.8 Å². The summed E-state index contributed by atoms with van der Waals surface area (Å²) in [6.45, 7) is 5.90. The van der Waals surface area contributed by atoms with Crippen LogP contribution in [0.1, 0.15) is 24.2 Å². The van der Waals surface area contributed by atoms with Gasteiger partial charge in [0.15, 0.2) is 0 Å². The van der Waals surface area contributed by atoms with Crippen molar-refractivity contribution in [2.24, 2.45) is 0 Å². The second-order valence-corrected chi connectivity index (χ2v) is 4.81. The van der Waals surface area contributed by atoms with Crippen LogP contribution in [-0.4, -0.2) is 52.9 Å². The number of piperazine rings is 1. The smallest absolute Gasteiger partial charge is 0.254 e. The van der Waals surface area contributed by atoms with Gasteiger partial charge >= 0.3 is 0 Å². The molecule has 17 heavy (non-hydrogen) atoms. The third-order valence-electron chi connectivity index (χ3n) is 3.57. The number of hydrogen-bond acceptors (Lipinski definition) is 3. The molecular weight excluding hydrogens is 214 g/mol. The zero-order valence-corrected chi connectivity index (χ0v) is 10.6. The van der Waals surface area contributed by atoms with Crippen molar-refractivity contribution in [1.29, 1.82) is 0 Å². The third-order valence-corrected chi connectivity index (χ3v) is 3.57. The van der Waals surface area contributed by atoms with E-state index in [0.717, 1.165) is 18.7 Å². The van der Waals surface area contributed by atoms with Crippen LogP contribution >= 0.6 is 0 Å². The van der Waals surface area contributed by atoms with E-state index in [1.807, 2.05) is 4.90 Å². The van der Waals surface area contributed by atoms with Gasteiger partial charge in [-0.25, -0.2) is 0 Å². The van der Waals surface area contributed by atoms with Gasteiger partial charge < -0.3 is 4.90 Å². The second kappa shape index (κ2) is 4.84. The van der Waals surface area contributed by atoms with Gasteiger partial charge in [0.2, 0.25) is 0 Å². The molecule has 2 heterocycles. The Bertz CT molecular complexity index is 381. The Morgan fingerprint density at radius 3 is 2.29 bits per heavy atom. The lowest BCUT2D eigenvalue weighted by atomic mass is 10.1. The molecule has 4 nitrogen and oxygen atoms in total. The molecule has 1 amide bonds. The number of rotatable bonds is 1. The van der Waals surface area contributed by atoms with Gasteiger partial charge in [-0.05, 0) is 33.0 Å². The van der Waals surface area contributed by atoms with E-state index >= 15 is 0 Å². The van der Waals surface area contributed by atoms with Gasteiger partial charge in [-0.15, -0.1) is 0 Å². The maximum atomic E-state index is 12.3. The minimum Gasteiger partial charge on any atom is -0.336 e. The Hall–Kier alpha value is -1.42. The molecule has 1 aromatic rings. The summed E-state index contributed by atoms with van der Waals surface area (Å²) in [7, 11) is 2.11. The van der Waals surface area contributed by atoms with E-state index < -0.39 is 0 Å². The van der Waals surface area contributed by atoms with Crippen LogP contribution in [0.4, 0.5) is 0 Å². The first-order valence-electron chi connectivity index (χ1n) is 6.01. The number of nitrogens with zero attached hydrogens (tertiary/aromatic N) is 3. The lowest BCUT2D eigenvalue weighted by molar-refractivity contribution is 0.0414. The van der Waals surface area contributed by atoms with Gasteiger partial charge in [0.25, 0.3) is 5.91 Å². The number of hydrogen-bond donors (Lipinski definition) is 0. The Labute approximate surface area is 102 Å². The fraction of sp³-hybridized carbons (Fsp3) is 0.538. The van der Waals surface area contributed by atoms with E-state index in [0.29, 0.717) is 12.1 Å². The summed E-state index contributed by atoms with van der Waals surface area (Å²) < 4.78 is 0. The van der Waals surface area contributed by atoms with Crippen molar-refractivity contribution in [3.05, 3.63) is 30.1 Å². The summed E-state index contributed by atoms with van der Waals surface area (Å²) in [5, 5.41) is 0. The van der Waals surface area contributed by atoms with Crippen LogP contribution in [0, 0.1) is 0 Å². The molecule has 1 aliphatic heterocycles. The first-order chi connectivity index (χ1) is 8.09. The monoisotopic (exact) mass is 233 g/mol. The molecule has 1 aliphatic rings. The van der Waals surface area contributed by atoms with Crippen molar-refractivity contribution in [2.75, 3.05) is 20.1 Å². The van der Waals surface area contributed by atoms with Crippen LogP contribution < -0.4 is 0 Å². The quantitative estimate of drug-likeness (QED) is 0.732. The Morgan fingerprint density at radius 1 is 1.24 bits per heavy atom. The standard InChI is InChI=1S/C13H19N3O/c1-10-8-16(9-11(2)15(10)3)13(17)12-4-6-14-7-5-12/h4-7,10-11H,8-9H2,1-3H3. The van der Waals surface area contributed by atoms with Crippen molar-refractivity contribution in [1.82, 2.24) is 14.8 Å². The lowest BCUT2D eigenvalue weighted by Crippen LogP contribution is -2.56. The van der Waals surface area contributed by atoms with E-state index in [9.17, 15) is 4.79 Å². The molecule has 4 heteroatoms. The van der Waals surface area contributed by atoms with E-state index in [1.54, 1.807) is 24.5 Å². The molecule has 0 radical (unpaired) electrons. The fourth-order valence-corrected chi connectivity index (χ4v) is 2.25. The topological polar surface area (TPSA) is 36.4 Å². The Balaban J connectivity index is 2.11. The summed E-state index contributed by atoms with van der Waals surface area (Å²) in [6.07, 6.45) is 3.33. The van der Waals surface area contributed by atoms with Gasteiger partial charge in [-0.2, -0.15) is 0 Å². The third kappa shape index (κ3) is 2.47. The molecule has 0 aromatic carbocycles. The maximum absolute atomic E-state index is 12.3. The lowest BCUT2D eigenvalue weighted by Gasteiger charge is -2.42. The van der Waals surface area contributed by atoms with E-state index in [4.69, 9.17) is 0 Å².